The molecule has 1 aromatic rings. The molecule has 1 N–H and O–H groups in total. The minimum atomic E-state index is -0.962. The highest BCUT2D eigenvalue weighted by Gasteiger charge is 2.56. The lowest BCUT2D eigenvalue weighted by molar-refractivity contribution is -0.152. The molecule has 0 saturated carbocycles. The second-order valence-corrected chi connectivity index (χ2v) is 12.2. The molecule has 0 aromatic heterocycles. The fourth-order valence-electron chi connectivity index (χ4n) is 4.89. The van der Waals surface area contributed by atoms with Gasteiger partial charge in [0.25, 0.3) is 0 Å². The molecule has 36 heavy (non-hydrogen) atoms. The molecule has 1 spiro atoms. The number of esters is 1. The molecule has 2 heterocycles. The zero-order valence-electron chi connectivity index (χ0n) is 22.0. The number of benzene rings is 1. The average molecular weight is 522 g/mol. The fraction of sp³-hybridized carbons (Fsp3) is 0.615. The Morgan fingerprint density at radius 1 is 1.14 bits per heavy atom. The molecule has 1 aromatic carbocycles. The van der Waals surface area contributed by atoms with Gasteiger partial charge in [-0.25, -0.2) is 9.59 Å². The van der Waals surface area contributed by atoms with E-state index < -0.39 is 46.5 Å². The van der Waals surface area contributed by atoms with Gasteiger partial charge >= 0.3 is 12.1 Å². The summed E-state index contributed by atoms with van der Waals surface area (Å²) in [6.45, 7) is 11.2. The van der Waals surface area contributed by atoms with Gasteiger partial charge in [-0.2, -0.15) is 0 Å². The Kier molecular flexibility index (Phi) is 7.65. The smallest absolute Gasteiger partial charge is 0.408 e. The predicted molar refractivity (Wildman–Crippen MR) is 136 cm³/mol. The van der Waals surface area contributed by atoms with Gasteiger partial charge < -0.3 is 24.6 Å². The lowest BCUT2D eigenvalue weighted by atomic mass is 9.84. The Balaban J connectivity index is 1.89. The Morgan fingerprint density at radius 2 is 1.81 bits per heavy atom. The van der Waals surface area contributed by atoms with Crippen LogP contribution in [0.1, 0.15) is 54.4 Å². The van der Waals surface area contributed by atoms with Crippen LogP contribution in [-0.2, 0) is 23.9 Å². The van der Waals surface area contributed by atoms with Gasteiger partial charge in [0.2, 0.25) is 11.8 Å². The van der Waals surface area contributed by atoms with Gasteiger partial charge in [-0.1, -0.05) is 38.4 Å². The van der Waals surface area contributed by atoms with Gasteiger partial charge in [0.1, 0.15) is 17.7 Å². The minimum Gasteiger partial charge on any atom is -0.467 e. The van der Waals surface area contributed by atoms with Crippen molar-refractivity contribution < 1.29 is 28.7 Å². The number of likely N-dealkylation sites (tertiary alicyclic amines) is 1. The van der Waals surface area contributed by atoms with Gasteiger partial charge in [0.15, 0.2) is 0 Å². The van der Waals surface area contributed by atoms with Crippen LogP contribution in [0.15, 0.2) is 24.3 Å². The van der Waals surface area contributed by atoms with Crippen molar-refractivity contribution in [3.8, 4) is 0 Å². The van der Waals surface area contributed by atoms with Crippen LogP contribution in [0.2, 0.25) is 5.02 Å². The number of alkyl carbamates (subject to hydrolysis) is 1. The van der Waals surface area contributed by atoms with Gasteiger partial charge in [-0.05, 0) is 50.8 Å². The number of ether oxygens (including phenoxy) is 2. The lowest BCUT2D eigenvalue weighted by Crippen LogP contribution is -2.57. The van der Waals surface area contributed by atoms with Crippen molar-refractivity contribution in [3.63, 3.8) is 0 Å². The topological polar surface area (TPSA) is 105 Å². The normalized spacial score (nSPS) is 23.1. The number of nitrogens with zero attached hydrogens (tertiary/aromatic N) is 2. The maximum Gasteiger partial charge on any atom is 0.408 e. The van der Waals surface area contributed by atoms with E-state index in [1.54, 1.807) is 49.9 Å². The third-order valence-electron chi connectivity index (χ3n) is 6.48. The molecule has 2 saturated heterocycles. The minimum absolute atomic E-state index is 0.102. The average Bonchev–Trinajstić information content (AvgIpc) is 3.28. The van der Waals surface area contributed by atoms with Crippen LogP contribution >= 0.6 is 11.6 Å². The van der Waals surface area contributed by atoms with E-state index in [1.165, 1.54) is 12.0 Å². The highest BCUT2D eigenvalue weighted by Crippen LogP contribution is 2.45. The first-order chi connectivity index (χ1) is 16.5. The molecule has 0 unspecified atom stereocenters. The zero-order chi connectivity index (χ0) is 27.1. The number of rotatable bonds is 4. The number of carbonyl (C=O) groups is 4. The van der Waals surface area contributed by atoms with Crippen LogP contribution in [0.25, 0.3) is 0 Å². The van der Waals surface area contributed by atoms with Crippen LogP contribution in [0.4, 0.5) is 10.5 Å². The summed E-state index contributed by atoms with van der Waals surface area (Å²) in [6.07, 6.45) is -0.268. The highest BCUT2D eigenvalue weighted by atomic mass is 35.5. The molecule has 3 amide bonds. The fourth-order valence-corrected chi connectivity index (χ4v) is 5.08. The summed E-state index contributed by atoms with van der Waals surface area (Å²) in [7, 11) is 1.27. The van der Waals surface area contributed by atoms with Crippen molar-refractivity contribution in [1.29, 1.82) is 0 Å². The van der Waals surface area contributed by atoms with E-state index in [2.05, 4.69) is 5.32 Å². The quantitative estimate of drug-likeness (QED) is 0.604. The van der Waals surface area contributed by atoms with E-state index in [-0.39, 0.29) is 25.3 Å². The molecule has 0 aliphatic carbocycles. The molecule has 0 bridgehead atoms. The summed E-state index contributed by atoms with van der Waals surface area (Å²) in [5, 5.41) is 3.21. The summed E-state index contributed by atoms with van der Waals surface area (Å²) >= 11 is 6.13. The molecule has 198 valence electrons. The molecule has 2 fully saturated rings. The first-order valence-corrected chi connectivity index (χ1v) is 12.4. The van der Waals surface area contributed by atoms with Crippen LogP contribution in [0, 0.1) is 10.8 Å². The molecule has 10 heteroatoms. The van der Waals surface area contributed by atoms with Crippen molar-refractivity contribution in [2.45, 2.75) is 72.1 Å². The monoisotopic (exact) mass is 521 g/mol. The van der Waals surface area contributed by atoms with Crippen molar-refractivity contribution in [2.75, 3.05) is 25.1 Å². The number of methoxy groups -OCH3 is 1. The van der Waals surface area contributed by atoms with Gasteiger partial charge in [-0.3, -0.25) is 9.59 Å². The number of hydrogen-bond donors (Lipinski definition) is 1. The van der Waals surface area contributed by atoms with Crippen LogP contribution in [0.5, 0.6) is 0 Å². The van der Waals surface area contributed by atoms with E-state index in [1.807, 2.05) is 20.8 Å². The largest absolute Gasteiger partial charge is 0.467 e. The number of amides is 3. The third-order valence-corrected chi connectivity index (χ3v) is 6.71. The predicted octanol–water partition coefficient (Wildman–Crippen LogP) is 3.78. The maximum absolute atomic E-state index is 13.9. The number of anilines is 1. The van der Waals surface area contributed by atoms with E-state index in [4.69, 9.17) is 21.1 Å². The second-order valence-electron chi connectivity index (χ2n) is 11.8. The Bertz CT molecular complexity index is 1050. The summed E-state index contributed by atoms with van der Waals surface area (Å²) in [5.74, 6) is -1.08. The Hall–Kier alpha value is -2.81. The molecular formula is C26H36ClN3O6. The number of carbonyl (C=O) groups excluding carboxylic acids is 4. The van der Waals surface area contributed by atoms with E-state index in [0.717, 1.165) is 0 Å². The summed E-state index contributed by atoms with van der Waals surface area (Å²) in [4.78, 5) is 55.4. The van der Waals surface area contributed by atoms with Crippen molar-refractivity contribution in [2.24, 2.45) is 10.8 Å². The molecule has 0 radical (unpaired) electrons. The maximum atomic E-state index is 13.9. The van der Waals surface area contributed by atoms with Crippen LogP contribution in [0.3, 0.4) is 0 Å². The second kappa shape index (κ2) is 9.92. The Labute approximate surface area is 217 Å². The van der Waals surface area contributed by atoms with E-state index in [0.29, 0.717) is 17.3 Å². The van der Waals surface area contributed by atoms with Gasteiger partial charge in [0.05, 0.1) is 7.11 Å². The molecule has 9 nitrogen and oxygen atoms in total. The van der Waals surface area contributed by atoms with Crippen LogP contribution in [-0.4, -0.2) is 66.7 Å². The highest BCUT2D eigenvalue weighted by molar-refractivity contribution is 6.30. The van der Waals surface area contributed by atoms with E-state index in [9.17, 15) is 19.2 Å². The van der Waals surface area contributed by atoms with Crippen molar-refractivity contribution >= 4 is 41.2 Å². The molecular weight excluding hydrogens is 486 g/mol. The SMILES string of the molecule is COC(=O)[C@@H]1C[C@@]2(CC(=O)N(c3cccc(Cl)c3)C2)CN1C(=O)[C@@H](NC(=O)OC(C)(C)C)C(C)(C)C. The number of hydrogen-bond acceptors (Lipinski definition) is 6. The number of nitrogens with one attached hydrogen (secondary N) is 1. The standard InChI is InChI=1S/C26H36ClN3O6/c1-24(2,3)20(28-23(34)36-25(4,5)6)21(32)30-15-26(12-18(30)22(33)35-7)13-19(31)29(14-26)17-10-8-9-16(27)11-17/h8-11,18,20H,12-15H2,1-7H3,(H,28,34)/t18-,20+,26-/m0/s1. The zero-order valence-corrected chi connectivity index (χ0v) is 22.8. The van der Waals surface area contributed by atoms with Gasteiger partial charge in [0, 0.05) is 35.6 Å². The first-order valence-electron chi connectivity index (χ1n) is 12.0. The Morgan fingerprint density at radius 3 is 2.36 bits per heavy atom. The molecule has 3 atom stereocenters. The van der Waals surface area contributed by atoms with Crippen molar-refractivity contribution in [1.82, 2.24) is 10.2 Å². The lowest BCUT2D eigenvalue weighted by Gasteiger charge is -2.35. The summed E-state index contributed by atoms with van der Waals surface area (Å²) < 4.78 is 10.4. The van der Waals surface area contributed by atoms with Crippen molar-refractivity contribution in [3.05, 3.63) is 29.3 Å². The summed E-state index contributed by atoms with van der Waals surface area (Å²) in [5.41, 5.74) is -1.39. The van der Waals surface area contributed by atoms with Gasteiger partial charge in [-0.15, -0.1) is 0 Å². The van der Waals surface area contributed by atoms with E-state index >= 15 is 0 Å². The molecule has 3 rings (SSSR count). The first kappa shape index (κ1) is 27.8. The number of halogens is 1. The van der Waals surface area contributed by atoms with Crippen LogP contribution < -0.4 is 10.2 Å². The molecule has 2 aliphatic rings. The summed E-state index contributed by atoms with van der Waals surface area (Å²) in [6, 6.07) is 5.19. The molecule has 2 aliphatic heterocycles. The third kappa shape index (κ3) is 6.11.